The highest BCUT2D eigenvalue weighted by Crippen LogP contribution is 2.24. The number of rotatable bonds is 0. The zero-order chi connectivity index (χ0) is 9.42. The normalized spacial score (nSPS) is 15.2. The van der Waals surface area contributed by atoms with Gasteiger partial charge in [0.05, 0.1) is 11.3 Å². The Labute approximate surface area is 74.7 Å². The summed E-state index contributed by atoms with van der Waals surface area (Å²) in [4.78, 5) is 3.69. The van der Waals surface area contributed by atoms with Gasteiger partial charge in [-0.2, -0.15) is 0 Å². The number of hydroxylamine groups is 1. The molecule has 1 aliphatic rings. The second-order valence-electron chi connectivity index (χ2n) is 2.80. The monoisotopic (exact) mass is 179 g/mol. The van der Waals surface area contributed by atoms with Gasteiger partial charge < -0.3 is 10.8 Å². The predicted molar refractivity (Wildman–Crippen MR) is 49.2 cm³/mol. The Balaban J connectivity index is 2.60. The van der Waals surface area contributed by atoms with Crippen LogP contribution in [0.3, 0.4) is 0 Å². The maximum atomic E-state index is 9.36. The fourth-order valence-electron chi connectivity index (χ4n) is 1.25. The van der Waals surface area contributed by atoms with Crippen molar-refractivity contribution < 1.29 is 10.3 Å². The van der Waals surface area contributed by atoms with Crippen LogP contribution in [0.1, 0.15) is 5.56 Å². The number of nitrogens with two attached hydrogens (primary N) is 1. The van der Waals surface area contributed by atoms with Gasteiger partial charge in [-0.3, -0.25) is 5.21 Å². The Morgan fingerprint density at radius 2 is 2.23 bits per heavy atom. The van der Waals surface area contributed by atoms with E-state index in [1.165, 1.54) is 0 Å². The fraction of sp³-hybridized carbons (Fsp3) is 0.125. The van der Waals surface area contributed by atoms with E-state index in [9.17, 15) is 10.3 Å². The predicted octanol–water partition coefficient (Wildman–Crippen LogP) is 0.740. The minimum atomic E-state index is -0.0902. The molecule has 0 aromatic heterocycles. The van der Waals surface area contributed by atoms with Crippen LogP contribution < -0.4 is 10.8 Å². The molecule has 0 spiro atoms. The second-order valence-corrected chi connectivity index (χ2v) is 2.80. The molecular formula is C8H9N3O2. The smallest absolute Gasteiger partial charge is 0.217 e. The summed E-state index contributed by atoms with van der Waals surface area (Å²) < 4.78 is 0. The lowest BCUT2D eigenvalue weighted by atomic mass is 10.1. The average Bonchev–Trinajstić information content (AvgIpc) is 2.12. The van der Waals surface area contributed by atoms with Crippen LogP contribution in [0.5, 0.6) is 0 Å². The van der Waals surface area contributed by atoms with Crippen molar-refractivity contribution in [2.24, 2.45) is 4.99 Å². The third-order valence-electron chi connectivity index (χ3n) is 1.89. The van der Waals surface area contributed by atoms with Crippen LogP contribution in [-0.4, -0.2) is 22.9 Å². The standard InChI is InChI=1S/C8H9N3O2/c9-5-1-2-7-6(3-5)8(12)10-4-11(7)13/h1-3,13H,4,9H2,(H,10,12). The first-order valence-corrected chi connectivity index (χ1v) is 3.78. The summed E-state index contributed by atoms with van der Waals surface area (Å²) >= 11 is 0. The van der Waals surface area contributed by atoms with Crippen molar-refractivity contribution in [1.29, 1.82) is 0 Å². The van der Waals surface area contributed by atoms with Gasteiger partial charge in [-0.05, 0) is 18.2 Å². The zero-order valence-electron chi connectivity index (χ0n) is 6.81. The second kappa shape index (κ2) is 2.63. The lowest BCUT2D eigenvalue weighted by Crippen LogP contribution is -2.26. The van der Waals surface area contributed by atoms with Gasteiger partial charge in [0.1, 0.15) is 6.67 Å². The molecule has 0 bridgehead atoms. The SMILES string of the molecule is Nc1ccc2c(c1)C(O)=NCN2O. The van der Waals surface area contributed by atoms with E-state index >= 15 is 0 Å². The number of benzene rings is 1. The molecule has 0 unspecified atom stereocenters. The Morgan fingerprint density at radius 1 is 1.46 bits per heavy atom. The van der Waals surface area contributed by atoms with Crippen molar-refractivity contribution in [3.8, 4) is 0 Å². The third kappa shape index (κ3) is 1.19. The molecule has 1 aromatic rings. The summed E-state index contributed by atoms with van der Waals surface area (Å²) in [6, 6.07) is 4.85. The zero-order valence-corrected chi connectivity index (χ0v) is 6.81. The van der Waals surface area contributed by atoms with E-state index in [2.05, 4.69) is 4.99 Å². The van der Waals surface area contributed by atoms with Gasteiger partial charge in [-0.15, -0.1) is 0 Å². The van der Waals surface area contributed by atoms with Crippen LogP contribution >= 0.6 is 0 Å². The van der Waals surface area contributed by atoms with Crippen molar-refractivity contribution in [3.63, 3.8) is 0 Å². The number of fused-ring (bicyclic) bond motifs is 1. The highest BCUT2D eigenvalue weighted by molar-refractivity contribution is 6.00. The highest BCUT2D eigenvalue weighted by atomic mass is 16.5. The number of hydrogen-bond donors (Lipinski definition) is 3. The van der Waals surface area contributed by atoms with Gasteiger partial charge in [0.2, 0.25) is 5.90 Å². The third-order valence-corrected chi connectivity index (χ3v) is 1.89. The van der Waals surface area contributed by atoms with E-state index < -0.39 is 0 Å². The van der Waals surface area contributed by atoms with Gasteiger partial charge in [0.15, 0.2) is 0 Å². The number of nitrogens with zero attached hydrogens (tertiary/aromatic N) is 2. The molecule has 5 nitrogen and oxygen atoms in total. The van der Waals surface area contributed by atoms with Crippen LogP contribution in [0.25, 0.3) is 0 Å². The molecular weight excluding hydrogens is 170 g/mol. The minimum absolute atomic E-state index is 0.0444. The van der Waals surface area contributed by atoms with Crippen LogP contribution in [0.15, 0.2) is 23.2 Å². The van der Waals surface area contributed by atoms with E-state index in [1.807, 2.05) is 0 Å². The lowest BCUT2D eigenvalue weighted by Gasteiger charge is -2.22. The molecule has 0 saturated heterocycles. The Hall–Kier alpha value is -1.75. The maximum absolute atomic E-state index is 9.36. The molecule has 0 fully saturated rings. The first-order valence-electron chi connectivity index (χ1n) is 3.78. The van der Waals surface area contributed by atoms with Gasteiger partial charge >= 0.3 is 0 Å². The van der Waals surface area contributed by atoms with E-state index in [0.29, 0.717) is 16.9 Å². The van der Waals surface area contributed by atoms with Gasteiger partial charge in [-0.25, -0.2) is 10.1 Å². The summed E-state index contributed by atoms with van der Waals surface area (Å²) in [5.74, 6) is -0.0902. The number of aliphatic hydroxyl groups excluding tert-OH is 1. The summed E-state index contributed by atoms with van der Waals surface area (Å²) in [7, 11) is 0. The van der Waals surface area contributed by atoms with Crippen molar-refractivity contribution in [3.05, 3.63) is 23.8 Å². The van der Waals surface area contributed by atoms with Crippen LogP contribution in [0, 0.1) is 0 Å². The Kier molecular flexibility index (Phi) is 1.60. The molecule has 0 atom stereocenters. The maximum Gasteiger partial charge on any atom is 0.217 e. The molecule has 13 heavy (non-hydrogen) atoms. The van der Waals surface area contributed by atoms with Gasteiger partial charge in [0, 0.05) is 5.69 Å². The molecule has 4 N–H and O–H groups in total. The number of aliphatic hydroxyl groups is 1. The molecule has 1 aromatic carbocycles. The minimum Gasteiger partial charge on any atom is -0.493 e. The number of anilines is 2. The lowest BCUT2D eigenvalue weighted by molar-refractivity contribution is 0.254. The van der Waals surface area contributed by atoms with E-state index in [-0.39, 0.29) is 12.6 Å². The highest BCUT2D eigenvalue weighted by Gasteiger charge is 2.17. The summed E-state index contributed by atoms with van der Waals surface area (Å²) in [6.45, 7) is 0.0444. The largest absolute Gasteiger partial charge is 0.493 e. The molecule has 68 valence electrons. The van der Waals surface area contributed by atoms with Crippen LogP contribution in [-0.2, 0) is 0 Å². The van der Waals surface area contributed by atoms with Crippen molar-refractivity contribution in [2.45, 2.75) is 0 Å². The van der Waals surface area contributed by atoms with E-state index in [0.717, 1.165) is 5.06 Å². The van der Waals surface area contributed by atoms with Crippen LogP contribution in [0.2, 0.25) is 0 Å². The van der Waals surface area contributed by atoms with Crippen molar-refractivity contribution >= 4 is 17.3 Å². The molecule has 1 aliphatic heterocycles. The van der Waals surface area contributed by atoms with Gasteiger partial charge in [-0.1, -0.05) is 0 Å². The van der Waals surface area contributed by atoms with Gasteiger partial charge in [0.25, 0.3) is 0 Å². The van der Waals surface area contributed by atoms with E-state index in [4.69, 9.17) is 5.73 Å². The Morgan fingerprint density at radius 3 is 3.00 bits per heavy atom. The Bertz CT molecular complexity index is 376. The molecule has 1 heterocycles. The fourth-order valence-corrected chi connectivity index (χ4v) is 1.25. The van der Waals surface area contributed by atoms with E-state index in [1.54, 1.807) is 18.2 Å². The first kappa shape index (κ1) is 7.88. The average molecular weight is 179 g/mol. The summed E-state index contributed by atoms with van der Waals surface area (Å²) in [5, 5.41) is 19.7. The topological polar surface area (TPSA) is 82.1 Å². The summed E-state index contributed by atoms with van der Waals surface area (Å²) in [6.07, 6.45) is 0. The molecule has 2 rings (SSSR count). The molecule has 0 amide bonds. The molecule has 0 saturated carbocycles. The first-order chi connectivity index (χ1) is 6.18. The van der Waals surface area contributed by atoms with Crippen LogP contribution in [0.4, 0.5) is 11.4 Å². The number of aliphatic imine (C=N–C) groups is 1. The number of nitrogen functional groups attached to an aromatic ring is 1. The van der Waals surface area contributed by atoms with Crippen molar-refractivity contribution in [2.75, 3.05) is 17.5 Å². The molecule has 0 aliphatic carbocycles. The molecule has 0 radical (unpaired) electrons. The number of hydrogen-bond acceptors (Lipinski definition) is 4. The summed E-state index contributed by atoms with van der Waals surface area (Å²) in [5.41, 5.74) is 7.02. The quantitative estimate of drug-likeness (QED) is 0.513. The molecule has 5 heteroatoms. The van der Waals surface area contributed by atoms with Crippen molar-refractivity contribution in [1.82, 2.24) is 0 Å².